The van der Waals surface area contributed by atoms with Crippen LogP contribution in [-0.4, -0.2) is 50.9 Å². The third kappa shape index (κ3) is 4.89. The van der Waals surface area contributed by atoms with Gasteiger partial charge in [-0.1, -0.05) is 6.07 Å². The first kappa shape index (κ1) is 20.1. The summed E-state index contributed by atoms with van der Waals surface area (Å²) in [5.74, 6) is 1.19. The average Bonchev–Trinajstić information content (AvgIpc) is 3.13. The molecule has 27 heavy (non-hydrogen) atoms. The minimum Gasteiger partial charge on any atom is -0.481 e. The van der Waals surface area contributed by atoms with E-state index in [0.29, 0.717) is 11.7 Å². The van der Waals surface area contributed by atoms with Crippen LogP contribution in [0.3, 0.4) is 0 Å². The smallest absolute Gasteiger partial charge is 0.213 e. The van der Waals surface area contributed by atoms with Crippen molar-refractivity contribution in [3.63, 3.8) is 0 Å². The number of aliphatic hydroxyl groups is 1. The Morgan fingerprint density at radius 1 is 1.22 bits per heavy atom. The van der Waals surface area contributed by atoms with Gasteiger partial charge in [-0.15, -0.1) is 5.10 Å². The number of hydrogen-bond donors (Lipinski definition) is 2. The molecule has 0 amide bonds. The molecule has 8 nitrogen and oxygen atoms in total. The molecule has 3 heterocycles. The number of rotatable bonds is 6. The highest BCUT2D eigenvalue weighted by Gasteiger charge is 2.20. The van der Waals surface area contributed by atoms with Crippen molar-refractivity contribution in [1.29, 1.82) is 0 Å². The maximum atomic E-state index is 9.49. The summed E-state index contributed by atoms with van der Waals surface area (Å²) < 4.78 is 6.88. The second kappa shape index (κ2) is 8.91. The number of aliphatic hydroxyl groups excluding tert-OH is 1. The van der Waals surface area contributed by atoms with Crippen LogP contribution in [0.25, 0.3) is 17.1 Å². The molecule has 2 N–H and O–H groups in total. The standard InChI is InChI=1S/C18H21N5O2.CH2O/c1-18(2,12-24)21-16-10-15(14-6-4-5-9-19-14)23(22-16)13-7-8-17(25-3)20-11-13;1-2/h4-11,24H,12H2,1-3H3,(H,21,22);1H2. The number of methoxy groups -OCH3 is 1. The van der Waals surface area contributed by atoms with E-state index in [0.717, 1.165) is 17.1 Å². The Hall–Kier alpha value is -3.26. The Balaban J connectivity index is 0.00000126. The minimum absolute atomic E-state index is 0.0110. The first-order chi connectivity index (χ1) is 13.0. The van der Waals surface area contributed by atoms with Crippen molar-refractivity contribution in [2.24, 2.45) is 0 Å². The summed E-state index contributed by atoms with van der Waals surface area (Å²) in [4.78, 5) is 16.7. The van der Waals surface area contributed by atoms with Gasteiger partial charge in [0.15, 0.2) is 0 Å². The molecule has 3 aromatic rings. The lowest BCUT2D eigenvalue weighted by molar-refractivity contribution is -0.0979. The first-order valence-corrected chi connectivity index (χ1v) is 8.22. The van der Waals surface area contributed by atoms with Gasteiger partial charge < -0.3 is 20.0 Å². The van der Waals surface area contributed by atoms with E-state index in [2.05, 4.69) is 20.4 Å². The van der Waals surface area contributed by atoms with Crippen LogP contribution in [-0.2, 0) is 4.79 Å². The van der Waals surface area contributed by atoms with Crippen molar-refractivity contribution in [3.8, 4) is 23.0 Å². The molecule has 0 aromatic carbocycles. The van der Waals surface area contributed by atoms with Gasteiger partial charge in [-0.25, -0.2) is 9.67 Å². The lowest BCUT2D eigenvalue weighted by Gasteiger charge is -2.22. The van der Waals surface area contributed by atoms with Crippen LogP contribution in [0.2, 0.25) is 0 Å². The number of nitrogens with one attached hydrogen (secondary N) is 1. The van der Waals surface area contributed by atoms with E-state index in [1.165, 1.54) is 0 Å². The molecule has 0 bridgehead atoms. The van der Waals surface area contributed by atoms with Crippen molar-refractivity contribution in [2.75, 3.05) is 19.0 Å². The lowest BCUT2D eigenvalue weighted by Crippen LogP contribution is -2.35. The van der Waals surface area contributed by atoms with Crippen molar-refractivity contribution in [2.45, 2.75) is 19.4 Å². The maximum Gasteiger partial charge on any atom is 0.213 e. The molecule has 142 valence electrons. The van der Waals surface area contributed by atoms with E-state index < -0.39 is 5.54 Å². The Labute approximate surface area is 157 Å². The molecule has 0 aliphatic carbocycles. The molecule has 3 rings (SSSR count). The molecule has 0 radical (unpaired) electrons. The molecule has 0 atom stereocenters. The van der Waals surface area contributed by atoms with Gasteiger partial charge in [0.1, 0.15) is 12.6 Å². The van der Waals surface area contributed by atoms with Crippen LogP contribution in [0.4, 0.5) is 5.82 Å². The second-order valence-corrected chi connectivity index (χ2v) is 6.27. The SMILES string of the molecule is C=O.COc1ccc(-n2nc(NC(C)(C)CO)cc2-c2ccccn2)cn1. The summed E-state index contributed by atoms with van der Waals surface area (Å²) in [6.07, 6.45) is 3.43. The zero-order chi connectivity index (χ0) is 19.9. The molecule has 0 unspecified atom stereocenters. The number of ether oxygens (including phenoxy) is 1. The predicted octanol–water partition coefficient (Wildman–Crippen LogP) is 2.34. The molecule has 8 heteroatoms. The number of hydrogen-bond acceptors (Lipinski definition) is 7. The van der Waals surface area contributed by atoms with Gasteiger partial charge in [-0.05, 0) is 32.0 Å². The van der Waals surface area contributed by atoms with Gasteiger partial charge >= 0.3 is 0 Å². The monoisotopic (exact) mass is 369 g/mol. The number of carbonyl (C=O) groups excluding carboxylic acids is 1. The van der Waals surface area contributed by atoms with Crippen molar-refractivity contribution in [1.82, 2.24) is 19.7 Å². The van der Waals surface area contributed by atoms with Crippen LogP contribution >= 0.6 is 0 Å². The number of anilines is 1. The molecule has 3 aromatic heterocycles. The topological polar surface area (TPSA) is 102 Å². The summed E-state index contributed by atoms with van der Waals surface area (Å²) >= 11 is 0. The third-order valence-corrected chi connectivity index (χ3v) is 3.67. The maximum absolute atomic E-state index is 9.49. The summed E-state index contributed by atoms with van der Waals surface area (Å²) in [6.45, 7) is 5.80. The quantitative estimate of drug-likeness (QED) is 0.687. The molecular weight excluding hydrogens is 346 g/mol. The summed E-state index contributed by atoms with van der Waals surface area (Å²) in [5.41, 5.74) is 1.92. The van der Waals surface area contributed by atoms with Crippen LogP contribution in [0.15, 0.2) is 48.8 Å². The number of carbonyl (C=O) groups is 1. The molecule has 0 spiro atoms. The van der Waals surface area contributed by atoms with Crippen molar-refractivity contribution >= 4 is 12.6 Å². The van der Waals surface area contributed by atoms with E-state index in [-0.39, 0.29) is 6.61 Å². The van der Waals surface area contributed by atoms with E-state index in [9.17, 15) is 5.11 Å². The Kier molecular flexibility index (Phi) is 6.62. The largest absolute Gasteiger partial charge is 0.481 e. The Morgan fingerprint density at radius 2 is 2.00 bits per heavy atom. The van der Waals surface area contributed by atoms with Gasteiger partial charge in [-0.2, -0.15) is 0 Å². The summed E-state index contributed by atoms with van der Waals surface area (Å²) in [5, 5.41) is 17.3. The number of nitrogens with zero attached hydrogens (tertiary/aromatic N) is 4. The van der Waals surface area contributed by atoms with Crippen LogP contribution in [0.5, 0.6) is 5.88 Å². The fourth-order valence-electron chi connectivity index (χ4n) is 2.34. The van der Waals surface area contributed by atoms with Gasteiger partial charge in [0.2, 0.25) is 5.88 Å². The van der Waals surface area contributed by atoms with Gasteiger partial charge in [-0.3, -0.25) is 4.98 Å². The number of aromatic nitrogens is 4. The Bertz CT molecular complexity index is 848. The normalized spacial score (nSPS) is 10.7. The Morgan fingerprint density at radius 3 is 2.56 bits per heavy atom. The second-order valence-electron chi connectivity index (χ2n) is 6.27. The van der Waals surface area contributed by atoms with Crippen LogP contribution < -0.4 is 10.1 Å². The molecule has 0 fully saturated rings. The van der Waals surface area contributed by atoms with Crippen LogP contribution in [0, 0.1) is 0 Å². The fraction of sp³-hybridized carbons (Fsp3) is 0.263. The predicted molar refractivity (Wildman–Crippen MR) is 103 cm³/mol. The summed E-state index contributed by atoms with van der Waals surface area (Å²) in [7, 11) is 1.58. The van der Waals surface area contributed by atoms with E-state index >= 15 is 0 Å². The van der Waals surface area contributed by atoms with Crippen LogP contribution in [0.1, 0.15) is 13.8 Å². The zero-order valence-corrected chi connectivity index (χ0v) is 15.6. The molecule has 0 saturated carbocycles. The van der Waals surface area contributed by atoms with Gasteiger partial charge in [0.25, 0.3) is 0 Å². The van der Waals surface area contributed by atoms with Crippen molar-refractivity contribution in [3.05, 3.63) is 48.8 Å². The molecule has 0 aliphatic heterocycles. The first-order valence-electron chi connectivity index (χ1n) is 8.22. The number of pyridine rings is 2. The van der Waals surface area contributed by atoms with E-state index in [4.69, 9.17) is 9.53 Å². The fourth-order valence-corrected chi connectivity index (χ4v) is 2.34. The molecular formula is C19H23N5O3. The molecule has 0 aliphatic rings. The zero-order valence-electron chi connectivity index (χ0n) is 15.6. The van der Waals surface area contributed by atoms with Gasteiger partial charge in [0.05, 0.1) is 42.5 Å². The molecule has 0 saturated heterocycles. The van der Waals surface area contributed by atoms with Gasteiger partial charge in [0, 0.05) is 18.3 Å². The highest BCUT2D eigenvalue weighted by atomic mass is 16.5. The highest BCUT2D eigenvalue weighted by Crippen LogP contribution is 2.26. The van der Waals surface area contributed by atoms with E-state index in [1.54, 1.807) is 30.3 Å². The average molecular weight is 369 g/mol. The minimum atomic E-state index is -0.487. The summed E-state index contributed by atoms with van der Waals surface area (Å²) in [6, 6.07) is 11.3. The lowest BCUT2D eigenvalue weighted by atomic mass is 10.1. The van der Waals surface area contributed by atoms with Crippen molar-refractivity contribution < 1.29 is 14.6 Å². The van der Waals surface area contributed by atoms with E-state index in [1.807, 2.05) is 51.0 Å². The third-order valence-electron chi connectivity index (χ3n) is 3.67. The highest BCUT2D eigenvalue weighted by molar-refractivity contribution is 5.63.